The number of ether oxygens (including phenoxy) is 4. The van der Waals surface area contributed by atoms with Crippen LogP contribution in [0.4, 0.5) is 0 Å². The Balaban J connectivity index is 1.23. The normalized spacial score (nSPS) is 33.5. The van der Waals surface area contributed by atoms with Gasteiger partial charge in [0.1, 0.15) is 18.8 Å². The molecule has 1 aliphatic carbocycles. The molecule has 0 N–H and O–H groups in total. The average Bonchev–Trinajstić information content (AvgIpc) is 3.47. The number of aromatic nitrogens is 2. The zero-order valence-electron chi connectivity index (χ0n) is 12.6. The molecule has 3 heterocycles. The third-order valence-corrected chi connectivity index (χ3v) is 4.49. The maximum atomic E-state index is 5.88. The van der Waals surface area contributed by atoms with E-state index in [4.69, 9.17) is 18.9 Å². The van der Waals surface area contributed by atoms with Crippen molar-refractivity contribution in [2.45, 2.75) is 49.9 Å². The highest BCUT2D eigenvalue weighted by atomic mass is 16.6. The highest BCUT2D eigenvalue weighted by Gasteiger charge is 2.28. The van der Waals surface area contributed by atoms with Crippen molar-refractivity contribution < 1.29 is 18.9 Å². The largest absolute Gasteiger partial charge is 0.474 e. The van der Waals surface area contributed by atoms with Crippen LogP contribution in [0.2, 0.25) is 0 Å². The van der Waals surface area contributed by atoms with Gasteiger partial charge in [-0.2, -0.15) is 5.10 Å². The van der Waals surface area contributed by atoms with Crippen LogP contribution < -0.4 is 4.74 Å². The van der Waals surface area contributed by atoms with Gasteiger partial charge in [0.2, 0.25) is 5.88 Å². The lowest BCUT2D eigenvalue weighted by molar-refractivity contribution is 0.0162. The van der Waals surface area contributed by atoms with Gasteiger partial charge in [0.25, 0.3) is 0 Å². The van der Waals surface area contributed by atoms with Crippen molar-refractivity contribution in [2.75, 3.05) is 26.4 Å². The highest BCUT2D eigenvalue weighted by molar-refractivity contribution is 5.15. The molecule has 1 aromatic heterocycles. The fraction of sp³-hybridized carbons (Fsp3) is 0.750. The molecule has 0 spiro atoms. The van der Waals surface area contributed by atoms with E-state index in [9.17, 15) is 0 Å². The molecule has 1 saturated carbocycles. The van der Waals surface area contributed by atoms with E-state index in [0.29, 0.717) is 30.6 Å². The van der Waals surface area contributed by atoms with Gasteiger partial charge in [0.05, 0.1) is 31.6 Å². The van der Waals surface area contributed by atoms with Gasteiger partial charge in [0.15, 0.2) is 0 Å². The van der Waals surface area contributed by atoms with Crippen LogP contribution in [0, 0.1) is 0 Å². The lowest BCUT2D eigenvalue weighted by Crippen LogP contribution is -2.23. The molecule has 4 rings (SSSR count). The standard InChI is InChI=1S/C16H22N2O4/c1-3-12(19-7-13-8-20-13)4-2-11(1)15-5-6-16(18-17-15)22-10-14-9-21-14/h5-6,11-14H,1-4,7-10H2. The molecule has 0 radical (unpaired) electrons. The number of epoxide rings is 2. The summed E-state index contributed by atoms with van der Waals surface area (Å²) in [6.45, 7) is 2.99. The molecule has 120 valence electrons. The van der Waals surface area contributed by atoms with E-state index in [2.05, 4.69) is 10.2 Å². The third kappa shape index (κ3) is 3.94. The van der Waals surface area contributed by atoms with E-state index in [-0.39, 0.29) is 6.10 Å². The van der Waals surface area contributed by atoms with Crippen molar-refractivity contribution in [3.63, 3.8) is 0 Å². The van der Waals surface area contributed by atoms with Gasteiger partial charge in [-0.05, 0) is 31.7 Å². The number of hydrogen-bond donors (Lipinski definition) is 0. The van der Waals surface area contributed by atoms with Gasteiger partial charge in [-0.3, -0.25) is 0 Å². The fourth-order valence-electron chi connectivity index (χ4n) is 2.90. The van der Waals surface area contributed by atoms with Gasteiger partial charge in [-0.25, -0.2) is 0 Å². The van der Waals surface area contributed by atoms with Crippen LogP contribution in [-0.2, 0) is 14.2 Å². The van der Waals surface area contributed by atoms with Crippen molar-refractivity contribution in [3.05, 3.63) is 17.8 Å². The van der Waals surface area contributed by atoms with Crippen molar-refractivity contribution in [2.24, 2.45) is 0 Å². The summed E-state index contributed by atoms with van der Waals surface area (Å²) < 4.78 is 21.7. The van der Waals surface area contributed by atoms with Crippen LogP contribution in [-0.4, -0.2) is 54.9 Å². The molecule has 22 heavy (non-hydrogen) atoms. The lowest BCUT2D eigenvalue weighted by atomic mass is 9.85. The van der Waals surface area contributed by atoms with E-state index in [1.54, 1.807) is 0 Å². The average molecular weight is 306 g/mol. The van der Waals surface area contributed by atoms with Crippen LogP contribution in [0.1, 0.15) is 37.3 Å². The summed E-state index contributed by atoms with van der Waals surface area (Å²) in [5.41, 5.74) is 1.07. The SMILES string of the molecule is c1cc(C2CCC(OCC3CO3)CC2)nnc1OCC1CO1. The molecule has 1 aromatic rings. The highest BCUT2D eigenvalue weighted by Crippen LogP contribution is 2.33. The molecule has 6 nitrogen and oxygen atoms in total. The maximum absolute atomic E-state index is 5.88. The second-order valence-electron chi connectivity index (χ2n) is 6.33. The Labute approximate surface area is 130 Å². The van der Waals surface area contributed by atoms with Crippen LogP contribution in [0.5, 0.6) is 5.88 Å². The summed E-state index contributed by atoms with van der Waals surface area (Å²) in [5, 5.41) is 8.50. The number of nitrogens with zero attached hydrogens (tertiary/aromatic N) is 2. The summed E-state index contributed by atoms with van der Waals surface area (Å²) >= 11 is 0. The van der Waals surface area contributed by atoms with Crippen LogP contribution in [0.25, 0.3) is 0 Å². The van der Waals surface area contributed by atoms with E-state index in [0.717, 1.165) is 51.2 Å². The lowest BCUT2D eigenvalue weighted by Gasteiger charge is -2.27. The van der Waals surface area contributed by atoms with Crippen LogP contribution in [0.3, 0.4) is 0 Å². The quantitative estimate of drug-likeness (QED) is 0.714. The van der Waals surface area contributed by atoms with Crippen LogP contribution >= 0.6 is 0 Å². The first kappa shape index (κ1) is 14.4. The molecule has 6 heteroatoms. The molecule has 2 saturated heterocycles. The molecule has 0 bridgehead atoms. The summed E-state index contributed by atoms with van der Waals surface area (Å²) in [5.74, 6) is 1.08. The topological polar surface area (TPSA) is 69.3 Å². The second-order valence-corrected chi connectivity index (χ2v) is 6.33. The second kappa shape index (κ2) is 6.48. The zero-order valence-corrected chi connectivity index (χ0v) is 12.6. The van der Waals surface area contributed by atoms with Crippen molar-refractivity contribution >= 4 is 0 Å². The summed E-state index contributed by atoms with van der Waals surface area (Å²) in [6, 6.07) is 3.96. The minimum absolute atomic E-state index is 0.248. The molecule has 2 aliphatic heterocycles. The molecular weight excluding hydrogens is 284 g/mol. The first-order valence-corrected chi connectivity index (χ1v) is 8.18. The van der Waals surface area contributed by atoms with E-state index >= 15 is 0 Å². The summed E-state index contributed by atoms with van der Waals surface area (Å²) in [4.78, 5) is 0. The van der Waals surface area contributed by atoms with Crippen molar-refractivity contribution in [1.82, 2.24) is 10.2 Å². The van der Waals surface area contributed by atoms with Gasteiger partial charge >= 0.3 is 0 Å². The zero-order chi connectivity index (χ0) is 14.8. The summed E-state index contributed by atoms with van der Waals surface area (Å²) in [6.07, 6.45) is 5.40. The Hall–Kier alpha value is -1.24. The Morgan fingerprint density at radius 2 is 1.68 bits per heavy atom. The fourth-order valence-corrected chi connectivity index (χ4v) is 2.90. The number of rotatable bonds is 7. The molecule has 3 fully saturated rings. The van der Waals surface area contributed by atoms with E-state index in [1.165, 1.54) is 0 Å². The Kier molecular flexibility index (Phi) is 4.23. The molecular formula is C16H22N2O4. The minimum Gasteiger partial charge on any atom is -0.474 e. The predicted octanol–water partition coefficient (Wildman–Crippen LogP) is 1.70. The molecule has 3 aliphatic rings. The smallest absolute Gasteiger partial charge is 0.233 e. The van der Waals surface area contributed by atoms with E-state index < -0.39 is 0 Å². The molecule has 2 unspecified atom stereocenters. The molecule has 0 amide bonds. The molecule has 0 aromatic carbocycles. The minimum atomic E-state index is 0.248. The van der Waals surface area contributed by atoms with Gasteiger partial charge in [-0.1, -0.05) is 0 Å². The van der Waals surface area contributed by atoms with Crippen molar-refractivity contribution in [1.29, 1.82) is 0 Å². The Bertz CT molecular complexity index is 479. The first-order valence-electron chi connectivity index (χ1n) is 8.18. The Morgan fingerprint density at radius 3 is 2.32 bits per heavy atom. The number of hydrogen-bond acceptors (Lipinski definition) is 6. The van der Waals surface area contributed by atoms with Gasteiger partial charge in [-0.15, -0.1) is 5.10 Å². The third-order valence-electron chi connectivity index (χ3n) is 4.49. The van der Waals surface area contributed by atoms with Crippen LogP contribution in [0.15, 0.2) is 12.1 Å². The monoisotopic (exact) mass is 306 g/mol. The van der Waals surface area contributed by atoms with Crippen molar-refractivity contribution in [3.8, 4) is 5.88 Å². The maximum Gasteiger partial charge on any atom is 0.233 e. The first-order chi connectivity index (χ1) is 10.9. The van der Waals surface area contributed by atoms with Gasteiger partial charge < -0.3 is 18.9 Å². The van der Waals surface area contributed by atoms with Gasteiger partial charge in [0, 0.05) is 12.0 Å². The molecule has 2 atom stereocenters. The summed E-state index contributed by atoms with van der Waals surface area (Å²) in [7, 11) is 0. The predicted molar refractivity (Wildman–Crippen MR) is 78.0 cm³/mol. The van der Waals surface area contributed by atoms with E-state index in [1.807, 2.05) is 12.1 Å². The Morgan fingerprint density at radius 1 is 0.955 bits per heavy atom.